The Labute approximate surface area is 109 Å². The van der Waals surface area contributed by atoms with Gasteiger partial charge in [-0.3, -0.25) is 0 Å². The lowest BCUT2D eigenvalue weighted by Crippen LogP contribution is -2.35. The number of hydrogen-bond acceptors (Lipinski definition) is 3. The molecule has 0 fully saturated rings. The summed E-state index contributed by atoms with van der Waals surface area (Å²) in [5.41, 5.74) is 1.20. The standard InChI is InChI=1S/C13H21NO3S/c1-11(13-6-4-3-5-7-13)8-9-14-18(16,17)12(2)10-15/h3-7,11-12,14-15H,8-10H2,1-2H3. The molecular formula is C13H21NO3S. The summed E-state index contributed by atoms with van der Waals surface area (Å²) in [5, 5.41) is 8.08. The first-order valence-corrected chi connectivity index (χ1v) is 7.66. The normalized spacial score (nSPS) is 15.3. The average Bonchev–Trinajstić information content (AvgIpc) is 2.38. The number of aliphatic hydroxyl groups is 1. The summed E-state index contributed by atoms with van der Waals surface area (Å²) in [7, 11) is -3.39. The summed E-state index contributed by atoms with van der Waals surface area (Å²) in [6.07, 6.45) is 0.737. The van der Waals surface area contributed by atoms with Crippen molar-refractivity contribution in [3.8, 4) is 0 Å². The van der Waals surface area contributed by atoms with Gasteiger partial charge in [-0.25, -0.2) is 13.1 Å². The number of benzene rings is 1. The minimum Gasteiger partial charge on any atom is -0.395 e. The third kappa shape index (κ3) is 4.40. The second kappa shape index (κ2) is 6.87. The maximum Gasteiger partial charge on any atom is 0.216 e. The summed E-state index contributed by atoms with van der Waals surface area (Å²) in [5.74, 6) is 0.304. The van der Waals surface area contributed by atoms with Crippen molar-refractivity contribution < 1.29 is 13.5 Å². The number of hydrogen-bond donors (Lipinski definition) is 2. The summed E-state index contributed by atoms with van der Waals surface area (Å²) in [6, 6.07) is 9.99. The zero-order valence-electron chi connectivity index (χ0n) is 10.8. The van der Waals surface area contributed by atoms with E-state index in [-0.39, 0.29) is 6.61 Å². The minimum atomic E-state index is -3.39. The van der Waals surface area contributed by atoms with Gasteiger partial charge in [-0.05, 0) is 24.8 Å². The molecule has 2 N–H and O–H groups in total. The fraction of sp³-hybridized carbons (Fsp3) is 0.538. The van der Waals surface area contributed by atoms with Gasteiger partial charge < -0.3 is 5.11 Å². The third-order valence-electron chi connectivity index (χ3n) is 3.04. The molecule has 0 aliphatic heterocycles. The first-order valence-electron chi connectivity index (χ1n) is 6.11. The molecule has 1 aromatic rings. The second-order valence-electron chi connectivity index (χ2n) is 4.53. The van der Waals surface area contributed by atoms with Crippen molar-refractivity contribution in [1.82, 2.24) is 4.72 Å². The van der Waals surface area contributed by atoms with E-state index in [4.69, 9.17) is 5.11 Å². The maximum absolute atomic E-state index is 11.6. The van der Waals surface area contributed by atoms with Crippen molar-refractivity contribution in [3.05, 3.63) is 35.9 Å². The van der Waals surface area contributed by atoms with Crippen molar-refractivity contribution in [1.29, 1.82) is 0 Å². The molecule has 2 atom stereocenters. The van der Waals surface area contributed by atoms with E-state index in [1.165, 1.54) is 12.5 Å². The summed E-state index contributed by atoms with van der Waals surface area (Å²) >= 11 is 0. The Balaban J connectivity index is 2.43. The molecule has 2 unspecified atom stereocenters. The highest BCUT2D eigenvalue weighted by molar-refractivity contribution is 7.90. The smallest absolute Gasteiger partial charge is 0.216 e. The number of rotatable bonds is 7. The van der Waals surface area contributed by atoms with E-state index >= 15 is 0 Å². The van der Waals surface area contributed by atoms with Crippen LogP contribution >= 0.6 is 0 Å². The van der Waals surface area contributed by atoms with E-state index in [0.29, 0.717) is 12.5 Å². The Morgan fingerprint density at radius 3 is 2.39 bits per heavy atom. The maximum atomic E-state index is 11.6. The Bertz CT molecular complexity index is 445. The minimum absolute atomic E-state index is 0.304. The number of sulfonamides is 1. The van der Waals surface area contributed by atoms with E-state index < -0.39 is 15.3 Å². The Hall–Kier alpha value is -0.910. The molecule has 5 heteroatoms. The van der Waals surface area contributed by atoms with Gasteiger partial charge in [0.2, 0.25) is 10.0 Å². The Morgan fingerprint density at radius 1 is 1.22 bits per heavy atom. The molecule has 4 nitrogen and oxygen atoms in total. The van der Waals surface area contributed by atoms with Crippen LogP contribution in [0.3, 0.4) is 0 Å². The molecule has 0 saturated heterocycles. The van der Waals surface area contributed by atoms with Gasteiger partial charge in [-0.2, -0.15) is 0 Å². The van der Waals surface area contributed by atoms with Crippen LogP contribution in [-0.4, -0.2) is 31.9 Å². The number of nitrogens with one attached hydrogen (secondary N) is 1. The van der Waals surface area contributed by atoms with Crippen molar-refractivity contribution in [2.75, 3.05) is 13.2 Å². The van der Waals surface area contributed by atoms with Gasteiger partial charge in [0.05, 0.1) is 11.9 Å². The van der Waals surface area contributed by atoms with Crippen LogP contribution in [0.15, 0.2) is 30.3 Å². The van der Waals surface area contributed by atoms with Crippen LogP contribution in [0.5, 0.6) is 0 Å². The molecule has 1 rings (SSSR count). The Morgan fingerprint density at radius 2 is 1.83 bits per heavy atom. The predicted octanol–water partition coefficient (Wildman–Crippen LogP) is 1.48. The first kappa shape index (κ1) is 15.1. The van der Waals surface area contributed by atoms with Crippen LogP contribution in [-0.2, 0) is 10.0 Å². The van der Waals surface area contributed by atoms with E-state index in [9.17, 15) is 8.42 Å². The highest BCUT2D eigenvalue weighted by atomic mass is 32.2. The molecule has 0 heterocycles. The third-order valence-corrected chi connectivity index (χ3v) is 4.85. The summed E-state index contributed by atoms with van der Waals surface area (Å²) in [4.78, 5) is 0. The van der Waals surface area contributed by atoms with Crippen LogP contribution in [0, 0.1) is 0 Å². The molecule has 0 spiro atoms. The lowest BCUT2D eigenvalue weighted by molar-refractivity contribution is 0.294. The summed E-state index contributed by atoms with van der Waals surface area (Å²) in [6.45, 7) is 3.59. The second-order valence-corrected chi connectivity index (χ2v) is 6.72. The van der Waals surface area contributed by atoms with Gasteiger partial charge in [0.1, 0.15) is 0 Å². The van der Waals surface area contributed by atoms with Crippen LogP contribution in [0.4, 0.5) is 0 Å². The predicted molar refractivity (Wildman–Crippen MR) is 72.9 cm³/mol. The molecule has 0 radical (unpaired) electrons. The fourth-order valence-corrected chi connectivity index (χ4v) is 2.49. The van der Waals surface area contributed by atoms with Crippen molar-refractivity contribution in [3.63, 3.8) is 0 Å². The van der Waals surface area contributed by atoms with Crippen LogP contribution in [0.2, 0.25) is 0 Å². The highest BCUT2D eigenvalue weighted by Gasteiger charge is 2.19. The summed E-state index contributed by atoms with van der Waals surface area (Å²) < 4.78 is 25.7. The first-order chi connectivity index (χ1) is 8.47. The average molecular weight is 271 g/mol. The zero-order valence-corrected chi connectivity index (χ0v) is 11.7. The van der Waals surface area contributed by atoms with Gasteiger partial charge in [0.25, 0.3) is 0 Å². The van der Waals surface area contributed by atoms with Crippen molar-refractivity contribution in [2.45, 2.75) is 31.4 Å². The van der Waals surface area contributed by atoms with E-state index in [0.717, 1.165) is 6.42 Å². The molecule has 1 aromatic carbocycles. The topological polar surface area (TPSA) is 66.4 Å². The van der Waals surface area contributed by atoms with E-state index in [1.807, 2.05) is 30.3 Å². The van der Waals surface area contributed by atoms with Gasteiger partial charge >= 0.3 is 0 Å². The van der Waals surface area contributed by atoms with Crippen molar-refractivity contribution in [2.24, 2.45) is 0 Å². The molecule has 0 bridgehead atoms. The fourth-order valence-electron chi connectivity index (χ4n) is 1.61. The lowest BCUT2D eigenvalue weighted by Gasteiger charge is -2.14. The molecular weight excluding hydrogens is 250 g/mol. The monoisotopic (exact) mass is 271 g/mol. The molecule has 102 valence electrons. The van der Waals surface area contributed by atoms with Gasteiger partial charge in [0.15, 0.2) is 0 Å². The SMILES string of the molecule is CC(CCNS(=O)(=O)C(C)CO)c1ccccc1. The highest BCUT2D eigenvalue weighted by Crippen LogP contribution is 2.17. The van der Waals surface area contributed by atoms with Crippen LogP contribution < -0.4 is 4.72 Å². The molecule has 0 aliphatic carbocycles. The van der Waals surface area contributed by atoms with Crippen LogP contribution in [0.25, 0.3) is 0 Å². The van der Waals surface area contributed by atoms with E-state index in [1.54, 1.807) is 0 Å². The molecule has 18 heavy (non-hydrogen) atoms. The van der Waals surface area contributed by atoms with Crippen LogP contribution in [0.1, 0.15) is 31.7 Å². The molecule has 0 aromatic heterocycles. The Kier molecular flexibility index (Phi) is 5.78. The lowest BCUT2D eigenvalue weighted by atomic mass is 9.98. The zero-order chi connectivity index (χ0) is 13.6. The molecule has 0 saturated carbocycles. The number of aliphatic hydroxyl groups excluding tert-OH is 1. The quantitative estimate of drug-likeness (QED) is 0.789. The van der Waals surface area contributed by atoms with Gasteiger partial charge in [-0.15, -0.1) is 0 Å². The van der Waals surface area contributed by atoms with Gasteiger partial charge in [-0.1, -0.05) is 37.3 Å². The molecule has 0 amide bonds. The van der Waals surface area contributed by atoms with Gasteiger partial charge in [0, 0.05) is 6.54 Å². The molecule has 0 aliphatic rings. The van der Waals surface area contributed by atoms with Crippen molar-refractivity contribution >= 4 is 10.0 Å². The largest absolute Gasteiger partial charge is 0.395 e. The van der Waals surface area contributed by atoms with E-state index in [2.05, 4.69) is 11.6 Å².